The number of anilines is 1. The van der Waals surface area contributed by atoms with Crippen molar-refractivity contribution in [3.8, 4) is 6.07 Å². The Morgan fingerprint density at radius 2 is 2.14 bits per heavy atom. The number of halogens is 1. The van der Waals surface area contributed by atoms with E-state index in [1.165, 1.54) is 23.9 Å². The second-order valence-electron chi connectivity index (χ2n) is 5.34. The predicted molar refractivity (Wildman–Crippen MR) is 85.7 cm³/mol. The van der Waals surface area contributed by atoms with Gasteiger partial charge in [-0.2, -0.15) is 5.26 Å². The van der Waals surface area contributed by atoms with E-state index in [9.17, 15) is 9.65 Å². The van der Waals surface area contributed by atoms with Crippen molar-refractivity contribution < 1.29 is 4.39 Å². The third-order valence-electron chi connectivity index (χ3n) is 2.96. The Labute approximate surface area is 133 Å². The molecule has 4 nitrogen and oxygen atoms in total. The first kappa shape index (κ1) is 16.2. The summed E-state index contributed by atoms with van der Waals surface area (Å²) in [6, 6.07) is 8.47. The number of rotatable bonds is 5. The van der Waals surface area contributed by atoms with Crippen LogP contribution in [0.5, 0.6) is 0 Å². The van der Waals surface area contributed by atoms with Crippen molar-refractivity contribution in [1.29, 1.82) is 5.26 Å². The molecule has 0 saturated heterocycles. The molecule has 0 unspecified atom stereocenters. The zero-order valence-electron chi connectivity index (χ0n) is 12.5. The van der Waals surface area contributed by atoms with Crippen molar-refractivity contribution in [2.24, 2.45) is 5.92 Å². The van der Waals surface area contributed by atoms with Crippen molar-refractivity contribution in [3.05, 3.63) is 46.9 Å². The third kappa shape index (κ3) is 4.18. The molecule has 2 rings (SSSR count). The molecule has 0 spiro atoms. The third-order valence-corrected chi connectivity index (χ3v) is 3.88. The molecule has 114 valence electrons. The molecule has 1 heterocycles. The minimum Gasteiger partial charge on any atom is -0.382 e. The summed E-state index contributed by atoms with van der Waals surface area (Å²) in [6.45, 7) is 4.11. The summed E-state index contributed by atoms with van der Waals surface area (Å²) in [5, 5.41) is 9.69. The average Bonchev–Trinajstić information content (AvgIpc) is 2.44. The van der Waals surface area contributed by atoms with Crippen LogP contribution in [0.1, 0.15) is 30.7 Å². The molecule has 0 aliphatic carbocycles. The van der Waals surface area contributed by atoms with Crippen LogP contribution in [0.15, 0.2) is 29.4 Å². The Bertz CT molecular complexity index is 710. The lowest BCUT2D eigenvalue weighted by atomic mass is 10.0. The first-order valence-corrected chi connectivity index (χ1v) is 7.92. The van der Waals surface area contributed by atoms with Crippen LogP contribution in [0, 0.1) is 23.1 Å². The predicted octanol–water partition coefficient (Wildman–Crippen LogP) is 3.56. The zero-order chi connectivity index (χ0) is 16.1. The van der Waals surface area contributed by atoms with Crippen LogP contribution < -0.4 is 5.73 Å². The topological polar surface area (TPSA) is 75.6 Å². The molecular formula is C16H17FN4S. The molecule has 0 aliphatic rings. The van der Waals surface area contributed by atoms with E-state index in [0.29, 0.717) is 34.5 Å². The maximum Gasteiger partial charge on any atom is 0.190 e. The van der Waals surface area contributed by atoms with E-state index in [1.807, 2.05) is 6.07 Å². The number of thioether (sulfide) groups is 1. The van der Waals surface area contributed by atoms with Gasteiger partial charge in [0.1, 0.15) is 23.3 Å². The standard InChI is InChI=1S/C16H17FN4S/c1-10(2)6-14-13(8-18)15(19)21-16(20-14)22-9-11-4-3-5-12(17)7-11/h3-5,7,10H,6,9H2,1-2H3,(H2,19,20,21). The fourth-order valence-electron chi connectivity index (χ4n) is 2.00. The van der Waals surface area contributed by atoms with E-state index < -0.39 is 0 Å². The van der Waals surface area contributed by atoms with E-state index in [1.54, 1.807) is 6.07 Å². The molecule has 0 bridgehead atoms. The van der Waals surface area contributed by atoms with Gasteiger partial charge in [0.15, 0.2) is 5.16 Å². The normalized spacial score (nSPS) is 10.7. The highest BCUT2D eigenvalue weighted by atomic mass is 32.2. The second-order valence-corrected chi connectivity index (χ2v) is 6.28. The molecule has 22 heavy (non-hydrogen) atoms. The maximum absolute atomic E-state index is 13.2. The second kappa shape index (κ2) is 7.23. The van der Waals surface area contributed by atoms with Gasteiger partial charge in [-0.15, -0.1) is 0 Å². The van der Waals surface area contributed by atoms with E-state index in [2.05, 4.69) is 29.9 Å². The number of hydrogen-bond donors (Lipinski definition) is 1. The molecule has 0 aliphatic heterocycles. The first-order chi connectivity index (χ1) is 10.5. The number of nitrogens with zero attached hydrogens (tertiary/aromatic N) is 3. The number of benzene rings is 1. The van der Waals surface area contributed by atoms with Gasteiger partial charge in [0.2, 0.25) is 0 Å². The summed E-state index contributed by atoms with van der Waals surface area (Å²) in [7, 11) is 0. The lowest BCUT2D eigenvalue weighted by Crippen LogP contribution is -2.07. The molecular weight excluding hydrogens is 299 g/mol. The van der Waals surface area contributed by atoms with Gasteiger partial charge in [0.25, 0.3) is 0 Å². The summed E-state index contributed by atoms with van der Waals surface area (Å²) in [5.41, 5.74) is 7.73. The highest BCUT2D eigenvalue weighted by Gasteiger charge is 2.14. The quantitative estimate of drug-likeness (QED) is 0.674. The van der Waals surface area contributed by atoms with E-state index in [0.717, 1.165) is 5.56 Å². The molecule has 2 aromatic rings. The largest absolute Gasteiger partial charge is 0.382 e. The number of nitrogens with two attached hydrogens (primary N) is 1. The van der Waals surface area contributed by atoms with Crippen LogP contribution in [0.25, 0.3) is 0 Å². The monoisotopic (exact) mass is 316 g/mol. The number of hydrogen-bond acceptors (Lipinski definition) is 5. The molecule has 0 amide bonds. The summed E-state index contributed by atoms with van der Waals surface area (Å²) in [6.07, 6.45) is 0.670. The average molecular weight is 316 g/mol. The molecule has 2 N–H and O–H groups in total. The van der Waals surface area contributed by atoms with Crippen LogP contribution in [-0.2, 0) is 12.2 Å². The van der Waals surface area contributed by atoms with Crippen molar-refractivity contribution in [2.45, 2.75) is 31.2 Å². The van der Waals surface area contributed by atoms with Crippen molar-refractivity contribution >= 4 is 17.6 Å². The molecule has 1 aromatic heterocycles. The van der Waals surface area contributed by atoms with Crippen molar-refractivity contribution in [1.82, 2.24) is 9.97 Å². The van der Waals surface area contributed by atoms with Crippen molar-refractivity contribution in [3.63, 3.8) is 0 Å². The fraction of sp³-hybridized carbons (Fsp3) is 0.312. The van der Waals surface area contributed by atoms with Gasteiger partial charge in [-0.05, 0) is 30.0 Å². The van der Waals surface area contributed by atoms with Crippen LogP contribution in [0.4, 0.5) is 10.2 Å². The van der Waals surface area contributed by atoms with Crippen LogP contribution in [0.2, 0.25) is 0 Å². The van der Waals surface area contributed by atoms with Crippen molar-refractivity contribution in [2.75, 3.05) is 5.73 Å². The molecule has 0 atom stereocenters. The molecule has 1 aromatic carbocycles. The van der Waals surface area contributed by atoms with Gasteiger partial charge in [-0.25, -0.2) is 14.4 Å². The van der Waals surface area contributed by atoms with Crippen LogP contribution >= 0.6 is 11.8 Å². The van der Waals surface area contributed by atoms with E-state index >= 15 is 0 Å². The van der Waals surface area contributed by atoms with E-state index in [4.69, 9.17) is 5.73 Å². The summed E-state index contributed by atoms with van der Waals surface area (Å²) in [4.78, 5) is 8.60. The minimum absolute atomic E-state index is 0.204. The number of nitrogen functional groups attached to an aromatic ring is 1. The Morgan fingerprint density at radius 1 is 1.36 bits per heavy atom. The summed E-state index contributed by atoms with van der Waals surface area (Å²) in [5.74, 6) is 0.848. The zero-order valence-corrected chi connectivity index (χ0v) is 13.3. The highest BCUT2D eigenvalue weighted by Crippen LogP contribution is 2.24. The summed E-state index contributed by atoms with van der Waals surface area (Å²) >= 11 is 1.38. The van der Waals surface area contributed by atoms with Gasteiger partial charge in [0.05, 0.1) is 5.69 Å². The maximum atomic E-state index is 13.2. The Morgan fingerprint density at radius 3 is 2.77 bits per heavy atom. The number of aromatic nitrogens is 2. The molecule has 0 saturated carbocycles. The molecule has 0 radical (unpaired) electrons. The number of nitriles is 1. The SMILES string of the molecule is CC(C)Cc1nc(SCc2cccc(F)c2)nc(N)c1C#N. The van der Waals surface area contributed by atoms with Crippen LogP contribution in [-0.4, -0.2) is 9.97 Å². The Balaban J connectivity index is 2.21. The lowest BCUT2D eigenvalue weighted by Gasteiger charge is -2.10. The van der Waals surface area contributed by atoms with E-state index in [-0.39, 0.29) is 11.6 Å². The van der Waals surface area contributed by atoms with Gasteiger partial charge in [0, 0.05) is 5.75 Å². The van der Waals surface area contributed by atoms with Gasteiger partial charge >= 0.3 is 0 Å². The minimum atomic E-state index is -0.265. The highest BCUT2D eigenvalue weighted by molar-refractivity contribution is 7.98. The first-order valence-electron chi connectivity index (χ1n) is 6.93. The smallest absolute Gasteiger partial charge is 0.190 e. The molecule has 6 heteroatoms. The van der Waals surface area contributed by atoms with Crippen LogP contribution in [0.3, 0.4) is 0 Å². The lowest BCUT2D eigenvalue weighted by molar-refractivity contribution is 0.625. The van der Waals surface area contributed by atoms with Gasteiger partial charge < -0.3 is 5.73 Å². The summed E-state index contributed by atoms with van der Waals surface area (Å²) < 4.78 is 13.2. The van der Waals surface area contributed by atoms with Gasteiger partial charge in [-0.1, -0.05) is 37.7 Å². The fourth-order valence-corrected chi connectivity index (χ4v) is 2.81. The van der Waals surface area contributed by atoms with Gasteiger partial charge in [-0.3, -0.25) is 0 Å². The molecule has 0 fully saturated rings. The Kier molecular flexibility index (Phi) is 5.34. The Hall–Kier alpha value is -2.13.